The van der Waals surface area contributed by atoms with Gasteiger partial charge in [-0.2, -0.15) is 0 Å². The molecule has 0 saturated carbocycles. The van der Waals surface area contributed by atoms with Gasteiger partial charge in [-0.05, 0) is 17.7 Å². The zero-order valence-electron chi connectivity index (χ0n) is 7.80. The predicted octanol–water partition coefficient (Wildman–Crippen LogP) is 2.18. The lowest BCUT2D eigenvalue weighted by Gasteiger charge is -2.23. The number of carbonyl (C=O) groups is 1. The topological polar surface area (TPSA) is 38.3 Å². The van der Waals surface area contributed by atoms with E-state index in [2.05, 4.69) is 5.32 Å². The zero-order valence-corrected chi connectivity index (χ0v) is 9.31. The zero-order chi connectivity index (χ0) is 10.8. The van der Waals surface area contributed by atoms with Gasteiger partial charge < -0.3 is 10.1 Å². The number of hydrogen-bond acceptors (Lipinski definition) is 2. The second-order valence-electron chi connectivity index (χ2n) is 3.28. The Balaban J connectivity index is 2.16. The van der Waals surface area contributed by atoms with Crippen LogP contribution in [0.1, 0.15) is 11.7 Å². The van der Waals surface area contributed by atoms with E-state index in [0.717, 1.165) is 5.56 Å². The molecular weight excluding hydrogens is 237 g/mol. The molecule has 1 fully saturated rings. The van der Waals surface area contributed by atoms with E-state index in [4.69, 9.17) is 27.9 Å². The first-order valence-electron chi connectivity index (χ1n) is 4.50. The van der Waals surface area contributed by atoms with Crippen molar-refractivity contribution in [2.75, 3.05) is 13.2 Å². The molecule has 15 heavy (non-hydrogen) atoms. The molecule has 5 heteroatoms. The highest BCUT2D eigenvalue weighted by Crippen LogP contribution is 2.27. The highest BCUT2D eigenvalue weighted by atomic mass is 35.5. The summed E-state index contributed by atoms with van der Waals surface area (Å²) >= 11 is 11.7. The quantitative estimate of drug-likeness (QED) is 0.824. The second-order valence-corrected chi connectivity index (χ2v) is 4.09. The van der Waals surface area contributed by atoms with Gasteiger partial charge in [0, 0.05) is 6.54 Å². The maximum atomic E-state index is 10.9. The number of nitrogens with one attached hydrogen (secondary N) is 1. The van der Waals surface area contributed by atoms with E-state index in [1.54, 1.807) is 12.1 Å². The smallest absolute Gasteiger partial charge is 0.246 e. The molecule has 0 unspecified atom stereocenters. The summed E-state index contributed by atoms with van der Waals surface area (Å²) in [7, 11) is 0. The molecule has 1 aliphatic rings. The number of morpholine rings is 1. The summed E-state index contributed by atoms with van der Waals surface area (Å²) in [5.41, 5.74) is 0.921. The van der Waals surface area contributed by atoms with E-state index >= 15 is 0 Å². The molecule has 0 bridgehead atoms. The Bertz CT molecular complexity index is 385. The molecule has 1 aromatic carbocycles. The van der Waals surface area contributed by atoms with E-state index in [9.17, 15) is 4.79 Å². The van der Waals surface area contributed by atoms with E-state index < -0.39 is 0 Å². The molecule has 1 atom stereocenters. The fraction of sp³-hybridized carbons (Fsp3) is 0.300. The number of hydrogen-bond donors (Lipinski definition) is 1. The lowest BCUT2D eigenvalue weighted by Crippen LogP contribution is -2.38. The van der Waals surface area contributed by atoms with Crippen LogP contribution < -0.4 is 5.32 Å². The van der Waals surface area contributed by atoms with Crippen molar-refractivity contribution in [1.82, 2.24) is 5.32 Å². The summed E-state index contributed by atoms with van der Waals surface area (Å²) in [5.74, 6) is -0.0914. The summed E-state index contributed by atoms with van der Waals surface area (Å²) < 4.78 is 5.36. The Kier molecular flexibility index (Phi) is 3.14. The molecule has 1 saturated heterocycles. The van der Waals surface area contributed by atoms with Gasteiger partial charge in [-0.3, -0.25) is 4.79 Å². The van der Waals surface area contributed by atoms with Crippen LogP contribution in [0.3, 0.4) is 0 Å². The standard InChI is InChI=1S/C10H9Cl2NO2/c11-7-2-1-6(3-8(7)12)9-4-13-10(14)5-15-9/h1-3,9H,4-5H2,(H,13,14)/t9-/m0/s1. The lowest BCUT2D eigenvalue weighted by molar-refractivity contribution is -0.133. The largest absolute Gasteiger partial charge is 0.362 e. The molecule has 0 radical (unpaired) electrons. The number of amides is 1. The monoisotopic (exact) mass is 245 g/mol. The van der Waals surface area contributed by atoms with Crippen LogP contribution in [0.25, 0.3) is 0 Å². The van der Waals surface area contributed by atoms with Crippen molar-refractivity contribution in [3.05, 3.63) is 33.8 Å². The third kappa shape index (κ3) is 2.43. The second kappa shape index (κ2) is 4.39. The molecule has 0 aromatic heterocycles. The van der Waals surface area contributed by atoms with Crippen LogP contribution in [0.15, 0.2) is 18.2 Å². The summed E-state index contributed by atoms with van der Waals surface area (Å²) in [6, 6.07) is 5.32. The van der Waals surface area contributed by atoms with Gasteiger partial charge in [0.15, 0.2) is 0 Å². The molecule has 1 aliphatic heterocycles. The number of halogens is 2. The average molecular weight is 246 g/mol. The molecule has 0 spiro atoms. The lowest BCUT2D eigenvalue weighted by atomic mass is 10.1. The molecule has 1 heterocycles. The van der Waals surface area contributed by atoms with Crippen molar-refractivity contribution in [3.63, 3.8) is 0 Å². The maximum absolute atomic E-state index is 10.9. The van der Waals surface area contributed by atoms with Gasteiger partial charge in [0.25, 0.3) is 0 Å². The SMILES string of the molecule is O=C1CO[C@H](c2ccc(Cl)c(Cl)c2)CN1. The molecule has 80 valence electrons. The molecule has 1 amide bonds. The fourth-order valence-electron chi connectivity index (χ4n) is 1.42. The first-order chi connectivity index (χ1) is 7.16. The summed E-state index contributed by atoms with van der Waals surface area (Å²) in [4.78, 5) is 10.9. The van der Waals surface area contributed by atoms with Gasteiger partial charge in [0.05, 0.1) is 10.0 Å². The van der Waals surface area contributed by atoms with Crippen molar-refractivity contribution in [2.24, 2.45) is 0 Å². The van der Waals surface area contributed by atoms with Crippen LogP contribution in [0.2, 0.25) is 10.0 Å². The van der Waals surface area contributed by atoms with Crippen LogP contribution in [0, 0.1) is 0 Å². The molecule has 1 N–H and O–H groups in total. The van der Waals surface area contributed by atoms with Crippen molar-refractivity contribution in [2.45, 2.75) is 6.10 Å². The fourth-order valence-corrected chi connectivity index (χ4v) is 1.73. The Labute approximate surface area is 97.3 Å². The Morgan fingerprint density at radius 1 is 1.33 bits per heavy atom. The van der Waals surface area contributed by atoms with Crippen molar-refractivity contribution < 1.29 is 9.53 Å². The summed E-state index contributed by atoms with van der Waals surface area (Å²) in [5, 5.41) is 3.73. The summed E-state index contributed by atoms with van der Waals surface area (Å²) in [6.07, 6.45) is -0.141. The van der Waals surface area contributed by atoms with Crippen LogP contribution in [-0.4, -0.2) is 19.1 Å². The minimum Gasteiger partial charge on any atom is -0.362 e. The van der Waals surface area contributed by atoms with Gasteiger partial charge in [-0.15, -0.1) is 0 Å². The van der Waals surface area contributed by atoms with E-state index in [0.29, 0.717) is 16.6 Å². The first-order valence-corrected chi connectivity index (χ1v) is 5.25. The highest BCUT2D eigenvalue weighted by molar-refractivity contribution is 6.42. The Morgan fingerprint density at radius 2 is 2.13 bits per heavy atom. The predicted molar refractivity (Wildman–Crippen MR) is 58.2 cm³/mol. The van der Waals surface area contributed by atoms with Crippen LogP contribution in [0.5, 0.6) is 0 Å². The van der Waals surface area contributed by atoms with Gasteiger partial charge >= 0.3 is 0 Å². The van der Waals surface area contributed by atoms with Crippen molar-refractivity contribution >= 4 is 29.1 Å². The van der Waals surface area contributed by atoms with Gasteiger partial charge in [0.1, 0.15) is 12.7 Å². The molecule has 3 nitrogen and oxygen atoms in total. The number of carbonyl (C=O) groups excluding carboxylic acids is 1. The van der Waals surface area contributed by atoms with E-state index in [1.165, 1.54) is 0 Å². The average Bonchev–Trinajstić information content (AvgIpc) is 2.23. The summed E-state index contributed by atoms with van der Waals surface area (Å²) in [6.45, 7) is 0.557. The van der Waals surface area contributed by atoms with E-state index in [1.807, 2.05) is 6.07 Å². The first kappa shape index (κ1) is 10.7. The van der Waals surface area contributed by atoms with Crippen LogP contribution in [-0.2, 0) is 9.53 Å². The van der Waals surface area contributed by atoms with Crippen LogP contribution in [0.4, 0.5) is 0 Å². The normalized spacial score (nSPS) is 21.2. The Hall–Kier alpha value is -0.770. The maximum Gasteiger partial charge on any atom is 0.246 e. The minimum absolute atomic E-state index is 0.0882. The third-order valence-corrected chi connectivity index (χ3v) is 2.95. The minimum atomic E-state index is -0.141. The van der Waals surface area contributed by atoms with Gasteiger partial charge in [-0.1, -0.05) is 29.3 Å². The highest BCUT2D eigenvalue weighted by Gasteiger charge is 2.20. The number of ether oxygens (including phenoxy) is 1. The molecular formula is C10H9Cl2NO2. The van der Waals surface area contributed by atoms with Crippen molar-refractivity contribution in [1.29, 1.82) is 0 Å². The number of benzene rings is 1. The third-order valence-electron chi connectivity index (χ3n) is 2.22. The van der Waals surface area contributed by atoms with Crippen LogP contribution >= 0.6 is 23.2 Å². The molecule has 1 aromatic rings. The Morgan fingerprint density at radius 3 is 2.73 bits per heavy atom. The molecule has 0 aliphatic carbocycles. The van der Waals surface area contributed by atoms with Gasteiger partial charge in [-0.25, -0.2) is 0 Å². The van der Waals surface area contributed by atoms with Crippen molar-refractivity contribution in [3.8, 4) is 0 Å². The van der Waals surface area contributed by atoms with Gasteiger partial charge in [0.2, 0.25) is 5.91 Å². The van der Waals surface area contributed by atoms with E-state index in [-0.39, 0.29) is 18.6 Å². The molecule has 2 rings (SSSR count). The number of rotatable bonds is 1.